The SMILES string of the molecule is O=S(=O)(CCO)c1ccc(CNC2C[C@H]3CC[C@@H](C2)C3)cc1. The number of hydrogen-bond acceptors (Lipinski definition) is 4. The number of aliphatic hydroxyl groups is 1. The average molecular weight is 323 g/mol. The summed E-state index contributed by atoms with van der Waals surface area (Å²) >= 11 is 0. The fraction of sp³-hybridized carbons (Fsp3) is 0.647. The highest BCUT2D eigenvalue weighted by molar-refractivity contribution is 7.91. The number of fused-ring (bicyclic) bond motifs is 2. The molecule has 2 aliphatic rings. The summed E-state index contributed by atoms with van der Waals surface area (Å²) < 4.78 is 23.7. The van der Waals surface area contributed by atoms with Crippen molar-refractivity contribution in [1.29, 1.82) is 0 Å². The van der Waals surface area contributed by atoms with Gasteiger partial charge in [-0.3, -0.25) is 0 Å². The third-order valence-corrected chi connectivity index (χ3v) is 6.83. The molecule has 0 radical (unpaired) electrons. The Labute approximate surface area is 132 Å². The topological polar surface area (TPSA) is 66.4 Å². The Hall–Kier alpha value is -0.910. The molecule has 0 aromatic heterocycles. The van der Waals surface area contributed by atoms with Crippen LogP contribution in [0.1, 0.15) is 37.7 Å². The second-order valence-electron chi connectivity index (χ2n) is 6.78. The molecule has 1 aromatic carbocycles. The van der Waals surface area contributed by atoms with Gasteiger partial charge in [0.2, 0.25) is 0 Å². The number of rotatable bonds is 6. The van der Waals surface area contributed by atoms with Crippen molar-refractivity contribution in [3.8, 4) is 0 Å². The molecule has 0 heterocycles. The molecule has 3 rings (SSSR count). The van der Waals surface area contributed by atoms with Crippen molar-refractivity contribution in [3.63, 3.8) is 0 Å². The lowest BCUT2D eigenvalue weighted by atomic mass is 9.85. The number of nitrogens with one attached hydrogen (secondary N) is 1. The van der Waals surface area contributed by atoms with E-state index in [0.29, 0.717) is 10.9 Å². The molecule has 2 aliphatic carbocycles. The molecule has 0 aliphatic heterocycles. The predicted molar refractivity (Wildman–Crippen MR) is 86.3 cm³/mol. The fourth-order valence-electron chi connectivity index (χ4n) is 3.99. The maximum Gasteiger partial charge on any atom is 0.180 e. The summed E-state index contributed by atoms with van der Waals surface area (Å²) in [6, 6.07) is 7.65. The second-order valence-corrected chi connectivity index (χ2v) is 8.89. The van der Waals surface area contributed by atoms with E-state index in [2.05, 4.69) is 5.32 Å². The highest BCUT2D eigenvalue weighted by Gasteiger charge is 2.33. The highest BCUT2D eigenvalue weighted by atomic mass is 32.2. The summed E-state index contributed by atoms with van der Waals surface area (Å²) in [5.41, 5.74) is 1.11. The maximum absolute atomic E-state index is 11.9. The molecule has 2 bridgehead atoms. The first kappa shape index (κ1) is 16.0. The largest absolute Gasteiger partial charge is 0.395 e. The van der Waals surface area contributed by atoms with Crippen molar-refractivity contribution in [3.05, 3.63) is 29.8 Å². The van der Waals surface area contributed by atoms with E-state index < -0.39 is 9.84 Å². The zero-order chi connectivity index (χ0) is 15.6. The summed E-state index contributed by atoms with van der Waals surface area (Å²) in [6.45, 7) is 0.458. The van der Waals surface area contributed by atoms with Gasteiger partial charge in [-0.15, -0.1) is 0 Å². The van der Waals surface area contributed by atoms with E-state index in [1.165, 1.54) is 32.1 Å². The van der Waals surface area contributed by atoms with Crippen LogP contribution in [0.4, 0.5) is 0 Å². The lowest BCUT2D eigenvalue weighted by Gasteiger charge is -2.28. The third-order valence-electron chi connectivity index (χ3n) is 5.12. The van der Waals surface area contributed by atoms with Crippen LogP contribution in [0, 0.1) is 11.8 Å². The molecule has 5 heteroatoms. The Morgan fingerprint density at radius 2 is 1.68 bits per heavy atom. The molecule has 1 unspecified atom stereocenters. The monoisotopic (exact) mass is 323 g/mol. The van der Waals surface area contributed by atoms with Crippen molar-refractivity contribution in [1.82, 2.24) is 5.32 Å². The quantitative estimate of drug-likeness (QED) is 0.841. The Morgan fingerprint density at radius 3 is 2.27 bits per heavy atom. The van der Waals surface area contributed by atoms with Crippen LogP contribution in [0.15, 0.2) is 29.2 Å². The van der Waals surface area contributed by atoms with Crippen LogP contribution < -0.4 is 5.32 Å². The van der Waals surface area contributed by atoms with E-state index in [9.17, 15) is 8.42 Å². The first-order valence-corrected chi connectivity index (χ1v) is 9.88. The lowest BCUT2D eigenvalue weighted by molar-refractivity contribution is 0.280. The minimum absolute atomic E-state index is 0.213. The summed E-state index contributed by atoms with van der Waals surface area (Å²) in [5, 5.41) is 12.4. The van der Waals surface area contributed by atoms with Crippen molar-refractivity contribution in [2.75, 3.05) is 12.4 Å². The smallest absolute Gasteiger partial charge is 0.180 e. The van der Waals surface area contributed by atoms with Crippen molar-refractivity contribution < 1.29 is 13.5 Å². The van der Waals surface area contributed by atoms with Gasteiger partial charge in [0.1, 0.15) is 0 Å². The van der Waals surface area contributed by atoms with Crippen molar-refractivity contribution >= 4 is 9.84 Å². The zero-order valence-corrected chi connectivity index (χ0v) is 13.7. The van der Waals surface area contributed by atoms with E-state index in [0.717, 1.165) is 23.9 Å². The Morgan fingerprint density at radius 1 is 1.05 bits per heavy atom. The standard InChI is InChI=1S/C17H25NO3S/c19-7-8-22(20,21)17-5-3-13(4-6-17)12-18-16-10-14-1-2-15(9-14)11-16/h3-6,14-16,18-19H,1-2,7-12H2/t14-,15+,16?. The average Bonchev–Trinajstić information content (AvgIpc) is 2.84. The first-order chi connectivity index (χ1) is 10.6. The molecule has 2 N–H and O–H groups in total. The molecule has 2 fully saturated rings. The van der Waals surface area contributed by atoms with Gasteiger partial charge < -0.3 is 10.4 Å². The third kappa shape index (κ3) is 3.70. The van der Waals surface area contributed by atoms with Crippen LogP contribution in [0.5, 0.6) is 0 Å². The predicted octanol–water partition coefficient (Wildman–Crippen LogP) is 2.12. The van der Waals surface area contributed by atoms with Gasteiger partial charge >= 0.3 is 0 Å². The van der Waals surface area contributed by atoms with Crippen molar-refractivity contribution in [2.45, 2.75) is 49.6 Å². The van der Waals surface area contributed by atoms with Crippen LogP contribution in [0.25, 0.3) is 0 Å². The molecule has 3 atom stereocenters. The van der Waals surface area contributed by atoms with Gasteiger partial charge in [-0.05, 0) is 48.8 Å². The Kier molecular flexibility index (Phi) is 4.85. The van der Waals surface area contributed by atoms with E-state index in [1.807, 2.05) is 12.1 Å². The van der Waals surface area contributed by atoms with E-state index in [-0.39, 0.29) is 12.4 Å². The van der Waals surface area contributed by atoms with Crippen LogP contribution in [0.3, 0.4) is 0 Å². The van der Waals surface area contributed by atoms with Gasteiger partial charge in [0, 0.05) is 12.6 Å². The zero-order valence-electron chi connectivity index (χ0n) is 12.9. The van der Waals surface area contributed by atoms with E-state index in [1.54, 1.807) is 12.1 Å². The number of benzene rings is 1. The number of aliphatic hydroxyl groups excluding tert-OH is 1. The molecule has 0 amide bonds. The summed E-state index contributed by atoms with van der Waals surface area (Å²) in [5.74, 6) is 1.62. The van der Waals surface area contributed by atoms with Gasteiger partial charge in [-0.1, -0.05) is 25.0 Å². The van der Waals surface area contributed by atoms with E-state index >= 15 is 0 Å². The van der Waals surface area contributed by atoms with Crippen LogP contribution in [0.2, 0.25) is 0 Å². The van der Waals surface area contributed by atoms with Crippen molar-refractivity contribution in [2.24, 2.45) is 11.8 Å². The van der Waals surface area contributed by atoms with Crippen LogP contribution >= 0.6 is 0 Å². The maximum atomic E-state index is 11.9. The van der Waals surface area contributed by atoms with E-state index in [4.69, 9.17) is 5.11 Å². The Bertz CT molecular complexity index is 585. The molecular weight excluding hydrogens is 298 g/mol. The Balaban J connectivity index is 1.55. The molecule has 1 aromatic rings. The molecule has 2 saturated carbocycles. The molecule has 22 heavy (non-hydrogen) atoms. The molecule has 4 nitrogen and oxygen atoms in total. The first-order valence-electron chi connectivity index (χ1n) is 8.23. The van der Waals surface area contributed by atoms with Gasteiger partial charge in [0.15, 0.2) is 9.84 Å². The molecule has 122 valence electrons. The molecule has 0 saturated heterocycles. The summed E-state index contributed by atoms with van der Waals surface area (Å²) in [7, 11) is -3.34. The van der Waals surface area contributed by atoms with Gasteiger partial charge in [-0.2, -0.15) is 0 Å². The lowest BCUT2D eigenvalue weighted by Crippen LogP contribution is -2.34. The summed E-state index contributed by atoms with van der Waals surface area (Å²) in [6.07, 6.45) is 6.81. The van der Waals surface area contributed by atoms with Crippen LogP contribution in [-0.2, 0) is 16.4 Å². The van der Waals surface area contributed by atoms with Gasteiger partial charge in [0.05, 0.1) is 17.3 Å². The van der Waals surface area contributed by atoms with Gasteiger partial charge in [-0.25, -0.2) is 8.42 Å². The molecule has 0 spiro atoms. The minimum atomic E-state index is -3.34. The van der Waals surface area contributed by atoms with Crippen LogP contribution in [-0.4, -0.2) is 31.9 Å². The number of sulfone groups is 1. The minimum Gasteiger partial charge on any atom is -0.395 e. The number of hydrogen-bond donors (Lipinski definition) is 2. The fourth-order valence-corrected chi connectivity index (χ4v) is 5.02. The normalized spacial score (nSPS) is 28.0. The highest BCUT2D eigenvalue weighted by Crippen LogP contribution is 2.41. The summed E-state index contributed by atoms with van der Waals surface area (Å²) in [4.78, 5) is 0.293. The second kappa shape index (κ2) is 6.69. The molecular formula is C17H25NO3S. The van der Waals surface area contributed by atoms with Gasteiger partial charge in [0.25, 0.3) is 0 Å².